The van der Waals surface area contributed by atoms with Gasteiger partial charge in [-0.15, -0.1) is 10.2 Å². The van der Waals surface area contributed by atoms with Crippen molar-refractivity contribution in [1.82, 2.24) is 14.8 Å². The third-order valence-electron chi connectivity index (χ3n) is 5.58. The van der Waals surface area contributed by atoms with E-state index in [-0.39, 0.29) is 11.2 Å². The standard InChI is InChI=1S/C25H31ClN4O2S/c1-5-17(2)19-11-7-9-14-22(19)27-24(31)18(3)33-25-29-28-23(30(25)15-10-16-32-4)20-12-6-8-13-21(20)26/h6-9,11-14,17-18H,5,10,15-16H2,1-4H3,(H,27,31). The summed E-state index contributed by atoms with van der Waals surface area (Å²) in [5, 5.41) is 12.8. The number of ether oxygens (including phenoxy) is 1. The van der Waals surface area contributed by atoms with Crippen molar-refractivity contribution in [3.8, 4) is 11.4 Å². The van der Waals surface area contributed by atoms with Gasteiger partial charge in [-0.2, -0.15) is 0 Å². The predicted molar refractivity (Wildman–Crippen MR) is 136 cm³/mol. The van der Waals surface area contributed by atoms with Crippen LogP contribution >= 0.6 is 23.4 Å². The minimum Gasteiger partial charge on any atom is -0.385 e. The number of nitrogens with one attached hydrogen (secondary N) is 1. The summed E-state index contributed by atoms with van der Waals surface area (Å²) in [6.45, 7) is 7.48. The molecular weight excluding hydrogens is 456 g/mol. The molecule has 3 rings (SSSR count). The van der Waals surface area contributed by atoms with Crippen molar-refractivity contribution in [1.29, 1.82) is 0 Å². The van der Waals surface area contributed by atoms with Crippen LogP contribution in [0.5, 0.6) is 0 Å². The predicted octanol–water partition coefficient (Wildman–Crippen LogP) is 6.27. The zero-order valence-corrected chi connectivity index (χ0v) is 21.1. The molecular formula is C25H31ClN4O2S. The Labute approximate surface area is 205 Å². The summed E-state index contributed by atoms with van der Waals surface area (Å²) in [4.78, 5) is 13.1. The number of aromatic nitrogens is 3. The summed E-state index contributed by atoms with van der Waals surface area (Å²) in [7, 11) is 1.68. The molecule has 0 bridgehead atoms. The van der Waals surface area contributed by atoms with Crippen molar-refractivity contribution in [3.05, 3.63) is 59.1 Å². The summed E-state index contributed by atoms with van der Waals surface area (Å²) >= 11 is 7.81. The normalized spacial score (nSPS) is 13.0. The van der Waals surface area contributed by atoms with Crippen molar-refractivity contribution >= 4 is 35.0 Å². The summed E-state index contributed by atoms with van der Waals surface area (Å²) in [5.41, 5.74) is 2.83. The second-order valence-corrected chi connectivity index (χ2v) is 9.65. The lowest BCUT2D eigenvalue weighted by atomic mass is 9.97. The van der Waals surface area contributed by atoms with E-state index in [4.69, 9.17) is 16.3 Å². The Hall–Kier alpha value is -2.35. The van der Waals surface area contributed by atoms with Gasteiger partial charge in [0.15, 0.2) is 11.0 Å². The first-order valence-corrected chi connectivity index (χ1v) is 12.5. The Kier molecular flexibility index (Phi) is 9.35. The Morgan fingerprint density at radius 2 is 1.88 bits per heavy atom. The van der Waals surface area contributed by atoms with Crippen LogP contribution in [0.4, 0.5) is 5.69 Å². The Balaban J connectivity index is 1.81. The van der Waals surface area contributed by atoms with Crippen LogP contribution in [0.1, 0.15) is 45.1 Å². The summed E-state index contributed by atoms with van der Waals surface area (Å²) in [6, 6.07) is 15.6. The number of amides is 1. The number of carbonyl (C=O) groups excluding carboxylic acids is 1. The van der Waals surface area contributed by atoms with E-state index in [1.54, 1.807) is 7.11 Å². The number of rotatable bonds is 11. The number of anilines is 1. The number of halogens is 1. The van der Waals surface area contributed by atoms with E-state index >= 15 is 0 Å². The second kappa shape index (κ2) is 12.2. The van der Waals surface area contributed by atoms with Crippen molar-refractivity contribution in [3.63, 3.8) is 0 Å². The lowest BCUT2D eigenvalue weighted by molar-refractivity contribution is -0.115. The fraction of sp³-hybridized carbons (Fsp3) is 0.400. The van der Waals surface area contributed by atoms with Crippen molar-refractivity contribution in [2.24, 2.45) is 0 Å². The number of methoxy groups -OCH3 is 1. The average Bonchev–Trinajstić information content (AvgIpc) is 3.21. The average molecular weight is 487 g/mol. The number of hydrogen-bond acceptors (Lipinski definition) is 5. The maximum atomic E-state index is 13.1. The van der Waals surface area contributed by atoms with Gasteiger partial charge >= 0.3 is 0 Å². The first-order chi connectivity index (χ1) is 16.0. The molecule has 2 unspecified atom stereocenters. The van der Waals surface area contributed by atoms with E-state index in [1.165, 1.54) is 11.8 Å². The van der Waals surface area contributed by atoms with Gasteiger partial charge in [-0.3, -0.25) is 4.79 Å². The molecule has 3 aromatic rings. The molecule has 1 amide bonds. The minimum absolute atomic E-state index is 0.0681. The van der Waals surface area contributed by atoms with E-state index in [9.17, 15) is 4.79 Å². The highest BCUT2D eigenvalue weighted by Gasteiger charge is 2.22. The maximum Gasteiger partial charge on any atom is 0.237 e. The molecule has 1 heterocycles. The molecule has 176 valence electrons. The molecule has 1 aromatic heterocycles. The lowest BCUT2D eigenvalue weighted by Gasteiger charge is -2.18. The van der Waals surface area contributed by atoms with Crippen LogP contribution in [0.3, 0.4) is 0 Å². The molecule has 1 N–H and O–H groups in total. The molecule has 33 heavy (non-hydrogen) atoms. The van der Waals surface area contributed by atoms with Crippen molar-refractivity contribution in [2.45, 2.75) is 56.5 Å². The molecule has 0 saturated carbocycles. The molecule has 0 fully saturated rings. The molecule has 2 aromatic carbocycles. The van der Waals surface area contributed by atoms with Crippen LogP contribution in [0.25, 0.3) is 11.4 Å². The van der Waals surface area contributed by atoms with Crippen LogP contribution < -0.4 is 5.32 Å². The van der Waals surface area contributed by atoms with Crippen LogP contribution in [-0.4, -0.2) is 39.6 Å². The van der Waals surface area contributed by atoms with Gasteiger partial charge in [-0.1, -0.05) is 67.5 Å². The fourth-order valence-corrected chi connectivity index (χ4v) is 4.59. The fourth-order valence-electron chi connectivity index (χ4n) is 3.49. The molecule has 0 aliphatic rings. The highest BCUT2D eigenvalue weighted by atomic mass is 35.5. The van der Waals surface area contributed by atoms with Gasteiger partial charge in [-0.05, 0) is 49.4 Å². The number of hydrogen-bond donors (Lipinski definition) is 1. The molecule has 8 heteroatoms. The SMILES string of the molecule is CCC(C)c1ccccc1NC(=O)C(C)Sc1nnc(-c2ccccc2Cl)n1CCCOC. The zero-order valence-electron chi connectivity index (χ0n) is 19.5. The highest BCUT2D eigenvalue weighted by Crippen LogP contribution is 2.32. The molecule has 0 radical (unpaired) electrons. The molecule has 2 atom stereocenters. The smallest absolute Gasteiger partial charge is 0.237 e. The number of carbonyl (C=O) groups is 1. The van der Waals surface area contributed by atoms with Crippen LogP contribution in [0, 0.1) is 0 Å². The summed E-state index contributed by atoms with van der Waals surface area (Å²) in [5.74, 6) is 0.988. The summed E-state index contributed by atoms with van der Waals surface area (Å²) in [6.07, 6.45) is 1.80. The van der Waals surface area contributed by atoms with E-state index in [0.717, 1.165) is 29.7 Å². The van der Waals surface area contributed by atoms with E-state index in [0.29, 0.717) is 35.1 Å². The largest absolute Gasteiger partial charge is 0.385 e. The van der Waals surface area contributed by atoms with E-state index < -0.39 is 0 Å². The Bertz CT molecular complexity index is 1070. The quantitative estimate of drug-likeness (QED) is 0.255. The zero-order chi connectivity index (χ0) is 23.8. The molecule has 0 spiro atoms. The van der Waals surface area contributed by atoms with Crippen LogP contribution in [-0.2, 0) is 16.1 Å². The van der Waals surface area contributed by atoms with Gasteiger partial charge in [0.2, 0.25) is 5.91 Å². The second-order valence-electron chi connectivity index (χ2n) is 7.93. The number of nitrogens with zero attached hydrogens (tertiary/aromatic N) is 3. The maximum absolute atomic E-state index is 13.1. The van der Waals surface area contributed by atoms with Crippen molar-refractivity contribution in [2.75, 3.05) is 19.0 Å². The highest BCUT2D eigenvalue weighted by molar-refractivity contribution is 8.00. The monoisotopic (exact) mass is 486 g/mol. The molecule has 0 saturated heterocycles. The minimum atomic E-state index is -0.362. The van der Waals surface area contributed by atoms with Gasteiger partial charge in [0, 0.05) is 31.5 Å². The number of para-hydroxylation sites is 1. The molecule has 6 nitrogen and oxygen atoms in total. The van der Waals surface area contributed by atoms with E-state index in [2.05, 4.69) is 35.4 Å². The van der Waals surface area contributed by atoms with Crippen molar-refractivity contribution < 1.29 is 9.53 Å². The van der Waals surface area contributed by atoms with Gasteiger partial charge < -0.3 is 14.6 Å². The lowest BCUT2D eigenvalue weighted by Crippen LogP contribution is -2.24. The summed E-state index contributed by atoms with van der Waals surface area (Å²) < 4.78 is 7.24. The molecule has 0 aliphatic carbocycles. The topological polar surface area (TPSA) is 69.0 Å². The van der Waals surface area contributed by atoms with Crippen LogP contribution in [0.15, 0.2) is 53.7 Å². The van der Waals surface area contributed by atoms with Gasteiger partial charge in [0.25, 0.3) is 0 Å². The van der Waals surface area contributed by atoms with Gasteiger partial charge in [0.1, 0.15) is 0 Å². The first-order valence-electron chi connectivity index (χ1n) is 11.2. The Morgan fingerprint density at radius 3 is 2.61 bits per heavy atom. The van der Waals surface area contributed by atoms with Gasteiger partial charge in [0.05, 0.1) is 10.3 Å². The third kappa shape index (κ3) is 6.37. The third-order valence-corrected chi connectivity index (χ3v) is 6.99. The first kappa shape index (κ1) is 25.3. The molecule has 0 aliphatic heterocycles. The van der Waals surface area contributed by atoms with Crippen LogP contribution in [0.2, 0.25) is 5.02 Å². The Morgan fingerprint density at radius 1 is 1.15 bits per heavy atom. The van der Waals surface area contributed by atoms with E-state index in [1.807, 2.05) is 54.0 Å². The van der Waals surface area contributed by atoms with Gasteiger partial charge in [-0.25, -0.2) is 0 Å². The number of benzene rings is 2. The number of thioether (sulfide) groups is 1.